The van der Waals surface area contributed by atoms with Gasteiger partial charge in [0.2, 0.25) is 5.91 Å². The minimum Gasteiger partial charge on any atom is -0.496 e. The van der Waals surface area contributed by atoms with Crippen molar-refractivity contribution in [2.24, 2.45) is 5.73 Å². The van der Waals surface area contributed by atoms with Crippen molar-refractivity contribution in [1.82, 2.24) is 5.32 Å². The molecule has 1 aliphatic rings. The highest BCUT2D eigenvalue weighted by Gasteiger charge is 2.34. The van der Waals surface area contributed by atoms with Crippen LogP contribution in [0, 0.1) is 0 Å². The van der Waals surface area contributed by atoms with Gasteiger partial charge in [-0.3, -0.25) is 4.79 Å². The highest BCUT2D eigenvalue weighted by molar-refractivity contribution is 5.86. The number of nitrogens with two attached hydrogens (primary N) is 1. The van der Waals surface area contributed by atoms with Gasteiger partial charge in [0.25, 0.3) is 0 Å². The Morgan fingerprint density at radius 1 is 1.09 bits per heavy atom. The number of amides is 1. The second kappa shape index (κ2) is 8.06. The zero-order valence-electron chi connectivity index (χ0n) is 13.9. The van der Waals surface area contributed by atoms with Gasteiger partial charge >= 0.3 is 0 Å². The first-order valence-electron chi connectivity index (χ1n) is 8.00. The lowest BCUT2D eigenvalue weighted by molar-refractivity contribution is -0.127. The summed E-state index contributed by atoms with van der Waals surface area (Å²) in [5, 5.41) is 2.87. The van der Waals surface area contributed by atoms with E-state index < -0.39 is 5.54 Å². The molecule has 0 saturated heterocycles. The second-order valence-corrected chi connectivity index (χ2v) is 5.87. The molecule has 1 amide bonds. The van der Waals surface area contributed by atoms with Crippen molar-refractivity contribution < 1.29 is 19.0 Å². The van der Waals surface area contributed by atoms with Crippen LogP contribution in [0.4, 0.5) is 0 Å². The second-order valence-electron chi connectivity index (χ2n) is 5.87. The van der Waals surface area contributed by atoms with Crippen molar-refractivity contribution in [1.29, 1.82) is 0 Å². The van der Waals surface area contributed by atoms with E-state index in [1.165, 1.54) is 0 Å². The molecule has 0 heterocycles. The average Bonchev–Trinajstić information content (AvgIpc) is 2.58. The Morgan fingerprint density at radius 2 is 1.65 bits per heavy atom. The lowest BCUT2D eigenvalue weighted by atomic mass is 9.82. The fourth-order valence-electron chi connectivity index (χ4n) is 2.78. The van der Waals surface area contributed by atoms with E-state index in [1.54, 1.807) is 32.4 Å². The fourth-order valence-corrected chi connectivity index (χ4v) is 2.78. The molecule has 1 aromatic rings. The molecule has 6 heteroatoms. The van der Waals surface area contributed by atoms with Gasteiger partial charge in [0.1, 0.15) is 23.9 Å². The fraction of sp³-hybridized carbons (Fsp3) is 0.588. The SMILES string of the molecule is COc1cc(OC)cc(OCCNC(=O)C2(N)CCCCC2)c1. The molecule has 2 rings (SSSR count). The molecule has 0 aromatic heterocycles. The zero-order valence-corrected chi connectivity index (χ0v) is 13.9. The van der Waals surface area contributed by atoms with E-state index in [2.05, 4.69) is 5.32 Å². The van der Waals surface area contributed by atoms with Gasteiger partial charge in [-0.1, -0.05) is 19.3 Å². The monoisotopic (exact) mass is 322 g/mol. The molecular formula is C17H26N2O4. The molecule has 1 fully saturated rings. The Kier molecular flexibility index (Phi) is 6.10. The molecule has 3 N–H and O–H groups in total. The van der Waals surface area contributed by atoms with Gasteiger partial charge in [0.15, 0.2) is 0 Å². The number of hydrogen-bond donors (Lipinski definition) is 2. The molecule has 1 saturated carbocycles. The maximum Gasteiger partial charge on any atom is 0.240 e. The van der Waals surface area contributed by atoms with Gasteiger partial charge < -0.3 is 25.3 Å². The zero-order chi connectivity index (χ0) is 16.7. The molecule has 1 aliphatic carbocycles. The topological polar surface area (TPSA) is 82.8 Å². The van der Waals surface area contributed by atoms with E-state index in [9.17, 15) is 4.79 Å². The van der Waals surface area contributed by atoms with Crippen LogP contribution in [0.1, 0.15) is 32.1 Å². The van der Waals surface area contributed by atoms with Crippen molar-refractivity contribution in [3.8, 4) is 17.2 Å². The molecular weight excluding hydrogens is 296 g/mol. The van der Waals surface area contributed by atoms with E-state index in [-0.39, 0.29) is 5.91 Å². The van der Waals surface area contributed by atoms with Gasteiger partial charge in [-0.2, -0.15) is 0 Å². The van der Waals surface area contributed by atoms with E-state index >= 15 is 0 Å². The largest absolute Gasteiger partial charge is 0.496 e. The normalized spacial score (nSPS) is 16.5. The summed E-state index contributed by atoms with van der Waals surface area (Å²) in [7, 11) is 3.17. The molecule has 0 unspecified atom stereocenters. The van der Waals surface area contributed by atoms with Crippen molar-refractivity contribution in [2.45, 2.75) is 37.6 Å². The summed E-state index contributed by atoms with van der Waals surface area (Å²) in [5.74, 6) is 1.87. The number of benzene rings is 1. The predicted molar refractivity (Wildman–Crippen MR) is 88.1 cm³/mol. The van der Waals surface area contributed by atoms with Crippen molar-refractivity contribution in [3.05, 3.63) is 18.2 Å². The molecule has 0 aliphatic heterocycles. The van der Waals surface area contributed by atoms with Crippen LogP contribution in [0.25, 0.3) is 0 Å². The third-order valence-corrected chi connectivity index (χ3v) is 4.18. The maximum absolute atomic E-state index is 12.2. The van der Waals surface area contributed by atoms with Crippen LogP contribution in [0.15, 0.2) is 18.2 Å². The lowest BCUT2D eigenvalue weighted by Gasteiger charge is -2.31. The maximum atomic E-state index is 12.2. The number of nitrogens with one attached hydrogen (secondary N) is 1. The van der Waals surface area contributed by atoms with E-state index in [1.807, 2.05) is 0 Å². The first kappa shape index (κ1) is 17.4. The molecule has 0 radical (unpaired) electrons. The van der Waals surface area contributed by atoms with Gasteiger partial charge in [-0.15, -0.1) is 0 Å². The summed E-state index contributed by atoms with van der Waals surface area (Å²) >= 11 is 0. The smallest absolute Gasteiger partial charge is 0.240 e. The molecule has 23 heavy (non-hydrogen) atoms. The first-order valence-corrected chi connectivity index (χ1v) is 8.00. The van der Waals surface area contributed by atoms with Crippen LogP contribution < -0.4 is 25.3 Å². The molecule has 1 aromatic carbocycles. The molecule has 128 valence electrons. The van der Waals surface area contributed by atoms with Crippen LogP contribution in [0.3, 0.4) is 0 Å². The predicted octanol–water partition coefficient (Wildman–Crippen LogP) is 1.86. The minimum absolute atomic E-state index is 0.0796. The van der Waals surface area contributed by atoms with Gasteiger partial charge in [0.05, 0.1) is 26.3 Å². The molecule has 0 spiro atoms. The average molecular weight is 322 g/mol. The Hall–Kier alpha value is -1.95. The first-order chi connectivity index (χ1) is 11.1. The number of ether oxygens (including phenoxy) is 3. The lowest BCUT2D eigenvalue weighted by Crippen LogP contribution is -2.55. The van der Waals surface area contributed by atoms with Crippen LogP contribution in [0.2, 0.25) is 0 Å². The summed E-state index contributed by atoms with van der Waals surface area (Å²) < 4.78 is 16.0. The highest BCUT2D eigenvalue weighted by Crippen LogP contribution is 2.27. The van der Waals surface area contributed by atoms with Crippen LogP contribution in [-0.2, 0) is 4.79 Å². The highest BCUT2D eigenvalue weighted by atomic mass is 16.5. The van der Waals surface area contributed by atoms with Gasteiger partial charge in [0, 0.05) is 18.2 Å². The Bertz CT molecular complexity index is 505. The van der Waals surface area contributed by atoms with Crippen molar-refractivity contribution >= 4 is 5.91 Å². The molecule has 0 bridgehead atoms. The number of carbonyl (C=O) groups is 1. The van der Waals surface area contributed by atoms with Gasteiger partial charge in [-0.25, -0.2) is 0 Å². The van der Waals surface area contributed by atoms with Crippen LogP contribution in [-0.4, -0.2) is 38.8 Å². The number of rotatable bonds is 7. The minimum atomic E-state index is -0.711. The summed E-state index contributed by atoms with van der Waals surface area (Å²) in [6, 6.07) is 5.32. The van der Waals surface area contributed by atoms with E-state index in [0.717, 1.165) is 32.1 Å². The Balaban J connectivity index is 1.80. The molecule has 6 nitrogen and oxygen atoms in total. The number of hydrogen-bond acceptors (Lipinski definition) is 5. The van der Waals surface area contributed by atoms with Crippen molar-refractivity contribution in [3.63, 3.8) is 0 Å². The van der Waals surface area contributed by atoms with Crippen molar-refractivity contribution in [2.75, 3.05) is 27.4 Å². The third-order valence-electron chi connectivity index (χ3n) is 4.18. The summed E-state index contributed by atoms with van der Waals surface area (Å²) in [6.07, 6.45) is 4.71. The number of methoxy groups -OCH3 is 2. The summed E-state index contributed by atoms with van der Waals surface area (Å²) in [4.78, 5) is 12.2. The van der Waals surface area contributed by atoms with E-state index in [4.69, 9.17) is 19.9 Å². The van der Waals surface area contributed by atoms with Crippen LogP contribution in [0.5, 0.6) is 17.2 Å². The summed E-state index contributed by atoms with van der Waals surface area (Å²) in [5.41, 5.74) is 5.47. The van der Waals surface area contributed by atoms with E-state index in [0.29, 0.717) is 30.4 Å². The molecule has 0 atom stereocenters. The quantitative estimate of drug-likeness (QED) is 0.749. The van der Waals surface area contributed by atoms with Crippen LogP contribution >= 0.6 is 0 Å². The third kappa shape index (κ3) is 4.76. The summed E-state index contributed by atoms with van der Waals surface area (Å²) in [6.45, 7) is 0.773. The van der Waals surface area contributed by atoms with Gasteiger partial charge in [-0.05, 0) is 12.8 Å². The Labute approximate surface area is 137 Å². The standard InChI is InChI=1S/C17H26N2O4/c1-21-13-10-14(22-2)12-15(11-13)23-9-8-19-16(20)17(18)6-4-3-5-7-17/h10-12H,3-9,18H2,1-2H3,(H,19,20). The Morgan fingerprint density at radius 3 is 2.22 bits per heavy atom. The number of carbonyl (C=O) groups excluding carboxylic acids is 1.